The van der Waals surface area contributed by atoms with Crippen molar-refractivity contribution in [1.82, 2.24) is 0 Å². The monoisotopic (exact) mass is 278 g/mol. The van der Waals surface area contributed by atoms with Gasteiger partial charge in [0.05, 0.1) is 17.5 Å². The molecule has 0 atom stereocenters. The van der Waals surface area contributed by atoms with Crippen LogP contribution in [0.25, 0.3) is 0 Å². The van der Waals surface area contributed by atoms with Crippen molar-refractivity contribution in [3.8, 4) is 5.75 Å². The lowest BCUT2D eigenvalue weighted by Gasteiger charge is -2.27. The van der Waals surface area contributed by atoms with E-state index in [1.54, 1.807) is 6.07 Å². The summed E-state index contributed by atoms with van der Waals surface area (Å²) in [7, 11) is 0. The molecule has 2 aliphatic rings. The Kier molecular flexibility index (Phi) is 3.48. The molecule has 0 radical (unpaired) electrons. The summed E-state index contributed by atoms with van der Waals surface area (Å²) in [5, 5.41) is 0. The van der Waals surface area contributed by atoms with Crippen LogP contribution < -0.4 is 15.4 Å². The van der Waals surface area contributed by atoms with Crippen molar-refractivity contribution in [1.29, 1.82) is 0 Å². The minimum Gasteiger partial charge on any atom is -0.488 e. The molecule has 110 valence electrons. The second-order valence-electron chi connectivity index (χ2n) is 6.33. The van der Waals surface area contributed by atoms with E-state index in [1.807, 2.05) is 13.8 Å². The first-order valence-corrected chi connectivity index (χ1v) is 7.57. The van der Waals surface area contributed by atoms with Crippen molar-refractivity contribution < 1.29 is 9.13 Å². The molecule has 3 nitrogen and oxygen atoms in total. The number of nitrogens with two attached hydrogens (primary N) is 1. The first-order chi connectivity index (χ1) is 9.54. The van der Waals surface area contributed by atoms with Gasteiger partial charge in [0.1, 0.15) is 0 Å². The maximum atomic E-state index is 13.9. The van der Waals surface area contributed by atoms with E-state index in [0.29, 0.717) is 17.5 Å². The standard InChI is InChI=1S/C16H23FN2O/c1-10(2)20-16-8-15(14(18)7-13(16)17)19(12-5-6-12)9-11-3-4-11/h7-8,10-12H,3-6,9,18H2,1-2H3. The number of halogens is 1. The van der Waals surface area contributed by atoms with Crippen molar-refractivity contribution in [2.24, 2.45) is 5.92 Å². The van der Waals surface area contributed by atoms with Gasteiger partial charge >= 0.3 is 0 Å². The topological polar surface area (TPSA) is 38.5 Å². The van der Waals surface area contributed by atoms with Gasteiger partial charge in [-0.1, -0.05) is 0 Å². The van der Waals surface area contributed by atoms with Crippen molar-refractivity contribution in [2.45, 2.75) is 51.7 Å². The van der Waals surface area contributed by atoms with E-state index in [2.05, 4.69) is 4.90 Å². The molecule has 1 aromatic rings. The molecule has 3 rings (SSSR count). The molecule has 2 saturated carbocycles. The Bertz CT molecular complexity index is 495. The first-order valence-electron chi connectivity index (χ1n) is 7.57. The highest BCUT2D eigenvalue weighted by Crippen LogP contribution is 2.41. The molecule has 0 amide bonds. The first kappa shape index (κ1) is 13.5. The zero-order valence-corrected chi connectivity index (χ0v) is 12.2. The third-order valence-corrected chi connectivity index (χ3v) is 3.89. The second-order valence-corrected chi connectivity index (χ2v) is 6.33. The minimum atomic E-state index is -0.373. The Balaban J connectivity index is 1.88. The Hall–Kier alpha value is -1.45. The summed E-state index contributed by atoms with van der Waals surface area (Å²) in [6.45, 7) is 4.85. The predicted molar refractivity (Wildman–Crippen MR) is 79.7 cm³/mol. The molecule has 0 aliphatic heterocycles. The summed E-state index contributed by atoms with van der Waals surface area (Å²) >= 11 is 0. The SMILES string of the molecule is CC(C)Oc1cc(N(CC2CC2)C2CC2)c(N)cc1F. The number of hydrogen-bond donors (Lipinski definition) is 1. The molecule has 4 heteroatoms. The highest BCUT2D eigenvalue weighted by Gasteiger charge is 2.35. The Morgan fingerprint density at radius 3 is 2.55 bits per heavy atom. The van der Waals surface area contributed by atoms with Crippen LogP contribution in [0.5, 0.6) is 5.75 Å². The van der Waals surface area contributed by atoms with Crippen LogP contribution in [0, 0.1) is 11.7 Å². The lowest BCUT2D eigenvalue weighted by Crippen LogP contribution is -2.29. The van der Waals surface area contributed by atoms with Gasteiger partial charge in [0.15, 0.2) is 11.6 Å². The van der Waals surface area contributed by atoms with Gasteiger partial charge in [0, 0.05) is 24.7 Å². The molecule has 0 bridgehead atoms. The van der Waals surface area contributed by atoms with Crippen LogP contribution in [0.15, 0.2) is 12.1 Å². The van der Waals surface area contributed by atoms with Crippen LogP contribution in [0.2, 0.25) is 0 Å². The molecule has 2 fully saturated rings. The summed E-state index contributed by atoms with van der Waals surface area (Å²) < 4.78 is 19.5. The van der Waals surface area contributed by atoms with Gasteiger partial charge in [-0.05, 0) is 45.4 Å². The lowest BCUT2D eigenvalue weighted by atomic mass is 10.2. The summed E-state index contributed by atoms with van der Waals surface area (Å²) in [5.74, 6) is 0.724. The fourth-order valence-electron chi connectivity index (χ4n) is 2.56. The van der Waals surface area contributed by atoms with E-state index in [0.717, 1.165) is 18.2 Å². The molecule has 2 aliphatic carbocycles. The summed E-state index contributed by atoms with van der Waals surface area (Å²) in [5.41, 5.74) is 7.51. The summed E-state index contributed by atoms with van der Waals surface area (Å²) in [6.07, 6.45) is 4.99. The third-order valence-electron chi connectivity index (χ3n) is 3.89. The molecule has 20 heavy (non-hydrogen) atoms. The van der Waals surface area contributed by atoms with Gasteiger partial charge in [-0.25, -0.2) is 4.39 Å². The number of ether oxygens (including phenoxy) is 1. The molecule has 0 saturated heterocycles. The Morgan fingerprint density at radius 2 is 2.00 bits per heavy atom. The Labute approximate surface area is 119 Å². The molecule has 2 N–H and O–H groups in total. The summed E-state index contributed by atoms with van der Waals surface area (Å²) in [4.78, 5) is 2.36. The van der Waals surface area contributed by atoms with Crippen LogP contribution in [0.1, 0.15) is 39.5 Å². The number of anilines is 2. The fraction of sp³-hybridized carbons (Fsp3) is 0.625. The number of rotatable bonds is 6. The number of nitrogens with zero attached hydrogens (tertiary/aromatic N) is 1. The van der Waals surface area contributed by atoms with E-state index in [9.17, 15) is 4.39 Å². The number of hydrogen-bond acceptors (Lipinski definition) is 3. The lowest BCUT2D eigenvalue weighted by molar-refractivity contribution is 0.231. The van der Waals surface area contributed by atoms with E-state index < -0.39 is 0 Å². The van der Waals surface area contributed by atoms with E-state index in [-0.39, 0.29) is 11.9 Å². The highest BCUT2D eigenvalue weighted by molar-refractivity contribution is 5.71. The van der Waals surface area contributed by atoms with Gasteiger partial charge < -0.3 is 15.4 Å². The molecule has 0 spiro atoms. The normalized spacial score (nSPS) is 18.4. The van der Waals surface area contributed by atoms with Crippen molar-refractivity contribution in [3.63, 3.8) is 0 Å². The largest absolute Gasteiger partial charge is 0.488 e. The van der Waals surface area contributed by atoms with Gasteiger partial charge in [0.25, 0.3) is 0 Å². The predicted octanol–water partition coefficient (Wildman–Crippen LogP) is 3.57. The molecule has 1 aromatic carbocycles. The third kappa shape index (κ3) is 3.00. The average molecular weight is 278 g/mol. The van der Waals surface area contributed by atoms with Crippen molar-refractivity contribution in [2.75, 3.05) is 17.2 Å². The smallest absolute Gasteiger partial charge is 0.167 e. The van der Waals surface area contributed by atoms with Crippen LogP contribution >= 0.6 is 0 Å². The zero-order chi connectivity index (χ0) is 14.3. The van der Waals surface area contributed by atoms with Crippen LogP contribution in [-0.2, 0) is 0 Å². The Morgan fingerprint density at radius 1 is 1.30 bits per heavy atom. The van der Waals surface area contributed by atoms with E-state index in [4.69, 9.17) is 10.5 Å². The molecule has 0 aromatic heterocycles. The van der Waals surface area contributed by atoms with E-state index in [1.165, 1.54) is 31.7 Å². The van der Waals surface area contributed by atoms with Crippen molar-refractivity contribution in [3.05, 3.63) is 17.9 Å². The van der Waals surface area contributed by atoms with Gasteiger partial charge in [-0.15, -0.1) is 0 Å². The van der Waals surface area contributed by atoms with Gasteiger partial charge in [0.2, 0.25) is 0 Å². The minimum absolute atomic E-state index is 0.0428. The molecule has 0 heterocycles. The van der Waals surface area contributed by atoms with Crippen molar-refractivity contribution >= 4 is 11.4 Å². The van der Waals surface area contributed by atoms with E-state index >= 15 is 0 Å². The molecular formula is C16H23FN2O. The molecular weight excluding hydrogens is 255 g/mol. The van der Waals surface area contributed by atoms with Crippen LogP contribution in [0.3, 0.4) is 0 Å². The summed E-state index contributed by atoms with van der Waals surface area (Å²) in [6, 6.07) is 3.76. The van der Waals surface area contributed by atoms with Gasteiger partial charge in [-0.2, -0.15) is 0 Å². The van der Waals surface area contributed by atoms with Crippen LogP contribution in [0.4, 0.5) is 15.8 Å². The second kappa shape index (κ2) is 5.15. The van der Waals surface area contributed by atoms with Gasteiger partial charge in [-0.3, -0.25) is 0 Å². The maximum Gasteiger partial charge on any atom is 0.167 e. The number of nitrogen functional groups attached to an aromatic ring is 1. The fourth-order valence-corrected chi connectivity index (χ4v) is 2.56. The average Bonchev–Trinajstić information content (AvgIpc) is 3.24. The zero-order valence-electron chi connectivity index (χ0n) is 12.2. The quantitative estimate of drug-likeness (QED) is 0.808. The molecule has 0 unspecified atom stereocenters. The van der Waals surface area contributed by atoms with Crippen LogP contribution in [-0.4, -0.2) is 18.7 Å². The number of benzene rings is 1. The highest BCUT2D eigenvalue weighted by atomic mass is 19.1. The maximum absolute atomic E-state index is 13.9.